The molecular weight excluding hydrogens is 228 g/mol. The third-order valence-corrected chi connectivity index (χ3v) is 3.07. The van der Waals surface area contributed by atoms with Crippen LogP contribution in [0.15, 0.2) is 24.3 Å². The second-order valence-corrected chi connectivity index (χ2v) is 4.66. The zero-order valence-electron chi connectivity index (χ0n) is 10.8. The molecule has 1 unspecified atom stereocenters. The third kappa shape index (κ3) is 3.01. The van der Waals surface area contributed by atoms with Gasteiger partial charge < -0.3 is 15.4 Å². The minimum absolute atomic E-state index is 0.0435. The summed E-state index contributed by atoms with van der Waals surface area (Å²) >= 11 is 0. The molecule has 0 aromatic heterocycles. The molecule has 1 aliphatic heterocycles. The van der Waals surface area contributed by atoms with Crippen molar-refractivity contribution in [3.63, 3.8) is 0 Å². The van der Waals surface area contributed by atoms with Gasteiger partial charge in [0.2, 0.25) is 5.91 Å². The van der Waals surface area contributed by atoms with E-state index in [1.165, 1.54) is 0 Å². The highest BCUT2D eigenvalue weighted by atomic mass is 16.5. The fourth-order valence-electron chi connectivity index (χ4n) is 2.04. The molecule has 4 heteroatoms. The number of nitrogens with two attached hydrogens (primary N) is 1. The number of hydrogen-bond acceptors (Lipinski definition) is 3. The quantitative estimate of drug-likeness (QED) is 0.810. The molecule has 0 aliphatic carbocycles. The van der Waals surface area contributed by atoms with Gasteiger partial charge in [-0.3, -0.25) is 4.79 Å². The van der Waals surface area contributed by atoms with E-state index in [0.717, 1.165) is 30.9 Å². The number of benzene rings is 1. The van der Waals surface area contributed by atoms with Gasteiger partial charge in [0.15, 0.2) is 0 Å². The molecular formula is C14H20N2O2. The maximum absolute atomic E-state index is 11.7. The Bertz CT molecular complexity index is 403. The largest absolute Gasteiger partial charge is 0.494 e. The highest BCUT2D eigenvalue weighted by molar-refractivity contribution is 5.96. The highest BCUT2D eigenvalue weighted by Gasteiger charge is 2.27. The Hall–Kier alpha value is -1.55. The van der Waals surface area contributed by atoms with Crippen molar-refractivity contribution in [2.24, 2.45) is 5.73 Å². The van der Waals surface area contributed by atoms with E-state index in [1.807, 2.05) is 24.3 Å². The van der Waals surface area contributed by atoms with Crippen molar-refractivity contribution in [1.82, 2.24) is 0 Å². The van der Waals surface area contributed by atoms with Gasteiger partial charge in [0.25, 0.3) is 0 Å². The summed E-state index contributed by atoms with van der Waals surface area (Å²) in [5.41, 5.74) is 6.68. The molecule has 1 heterocycles. The van der Waals surface area contributed by atoms with Crippen LogP contribution in [-0.4, -0.2) is 25.1 Å². The van der Waals surface area contributed by atoms with Crippen LogP contribution in [0.5, 0.6) is 5.75 Å². The predicted molar refractivity (Wildman–Crippen MR) is 71.8 cm³/mol. The topological polar surface area (TPSA) is 55.6 Å². The summed E-state index contributed by atoms with van der Waals surface area (Å²) < 4.78 is 5.58. The first-order valence-electron chi connectivity index (χ1n) is 6.49. The van der Waals surface area contributed by atoms with Crippen LogP contribution in [0.1, 0.15) is 26.2 Å². The van der Waals surface area contributed by atoms with Gasteiger partial charge in [-0.05, 0) is 30.7 Å². The van der Waals surface area contributed by atoms with E-state index in [0.29, 0.717) is 13.0 Å². The van der Waals surface area contributed by atoms with Crippen LogP contribution < -0.4 is 15.4 Å². The number of unbranched alkanes of at least 4 members (excludes halogenated alkanes) is 1. The Labute approximate surface area is 108 Å². The van der Waals surface area contributed by atoms with E-state index >= 15 is 0 Å². The van der Waals surface area contributed by atoms with Crippen LogP contribution in [0.3, 0.4) is 0 Å². The Morgan fingerprint density at radius 3 is 2.67 bits per heavy atom. The molecule has 18 heavy (non-hydrogen) atoms. The first kappa shape index (κ1) is 12.9. The highest BCUT2D eigenvalue weighted by Crippen LogP contribution is 2.23. The lowest BCUT2D eigenvalue weighted by molar-refractivity contribution is -0.117. The van der Waals surface area contributed by atoms with Crippen LogP contribution in [0.25, 0.3) is 0 Å². The van der Waals surface area contributed by atoms with Crippen LogP contribution in [0, 0.1) is 0 Å². The number of rotatable bonds is 5. The lowest BCUT2D eigenvalue weighted by atomic mass is 10.3. The Morgan fingerprint density at radius 1 is 1.39 bits per heavy atom. The SMILES string of the molecule is CCCCOc1ccc(N2CC(N)CC2=O)cc1. The van der Waals surface area contributed by atoms with Crippen LogP contribution >= 0.6 is 0 Å². The average molecular weight is 248 g/mol. The van der Waals surface area contributed by atoms with E-state index in [1.54, 1.807) is 4.90 Å². The van der Waals surface area contributed by atoms with Crippen molar-refractivity contribution in [3.05, 3.63) is 24.3 Å². The number of hydrogen-bond donors (Lipinski definition) is 1. The minimum Gasteiger partial charge on any atom is -0.494 e. The van der Waals surface area contributed by atoms with Crippen molar-refractivity contribution in [2.45, 2.75) is 32.2 Å². The molecule has 0 spiro atoms. The fourth-order valence-corrected chi connectivity index (χ4v) is 2.04. The van der Waals surface area contributed by atoms with E-state index in [2.05, 4.69) is 6.92 Å². The molecule has 1 fully saturated rings. The number of anilines is 1. The molecule has 98 valence electrons. The van der Waals surface area contributed by atoms with Gasteiger partial charge in [-0.15, -0.1) is 0 Å². The molecule has 1 atom stereocenters. The number of ether oxygens (including phenoxy) is 1. The van der Waals surface area contributed by atoms with Crippen LogP contribution in [-0.2, 0) is 4.79 Å². The Kier molecular flexibility index (Phi) is 4.20. The molecule has 1 saturated heterocycles. The number of carbonyl (C=O) groups is 1. The molecule has 1 aromatic rings. The average Bonchev–Trinajstić information content (AvgIpc) is 2.70. The monoisotopic (exact) mass is 248 g/mol. The van der Waals surface area contributed by atoms with E-state index in [-0.39, 0.29) is 11.9 Å². The zero-order chi connectivity index (χ0) is 13.0. The summed E-state index contributed by atoms with van der Waals surface area (Å²) in [4.78, 5) is 13.4. The summed E-state index contributed by atoms with van der Waals surface area (Å²) in [6.45, 7) is 3.48. The normalized spacial score (nSPS) is 19.3. The van der Waals surface area contributed by atoms with Gasteiger partial charge in [-0.1, -0.05) is 13.3 Å². The Balaban J connectivity index is 1.97. The second-order valence-electron chi connectivity index (χ2n) is 4.66. The number of amides is 1. The standard InChI is InChI=1S/C14H20N2O2/c1-2-3-8-18-13-6-4-12(5-7-13)16-10-11(15)9-14(16)17/h4-7,11H,2-3,8-10,15H2,1H3. The molecule has 1 amide bonds. The fraction of sp³-hybridized carbons (Fsp3) is 0.500. The Morgan fingerprint density at radius 2 is 2.11 bits per heavy atom. The summed E-state index contributed by atoms with van der Waals surface area (Å²) in [5, 5.41) is 0. The van der Waals surface area contributed by atoms with Crippen molar-refractivity contribution in [2.75, 3.05) is 18.1 Å². The number of carbonyl (C=O) groups excluding carboxylic acids is 1. The molecule has 1 aromatic carbocycles. The number of nitrogens with zero attached hydrogens (tertiary/aromatic N) is 1. The van der Waals surface area contributed by atoms with Gasteiger partial charge in [-0.25, -0.2) is 0 Å². The van der Waals surface area contributed by atoms with E-state index < -0.39 is 0 Å². The molecule has 4 nitrogen and oxygen atoms in total. The summed E-state index contributed by atoms with van der Waals surface area (Å²) in [7, 11) is 0. The van der Waals surface area contributed by atoms with Crippen molar-refractivity contribution >= 4 is 11.6 Å². The van der Waals surface area contributed by atoms with E-state index in [4.69, 9.17) is 10.5 Å². The zero-order valence-corrected chi connectivity index (χ0v) is 10.8. The summed E-state index contributed by atoms with van der Waals surface area (Å²) in [5.74, 6) is 0.949. The first-order chi connectivity index (χ1) is 8.70. The van der Waals surface area contributed by atoms with Crippen molar-refractivity contribution in [1.29, 1.82) is 0 Å². The van der Waals surface area contributed by atoms with Gasteiger partial charge in [0.1, 0.15) is 5.75 Å². The van der Waals surface area contributed by atoms with Crippen molar-refractivity contribution < 1.29 is 9.53 Å². The lowest BCUT2D eigenvalue weighted by Crippen LogP contribution is -2.27. The van der Waals surface area contributed by atoms with E-state index in [9.17, 15) is 4.79 Å². The maximum Gasteiger partial charge on any atom is 0.228 e. The molecule has 2 N–H and O–H groups in total. The summed E-state index contributed by atoms with van der Waals surface area (Å²) in [6, 6.07) is 7.59. The van der Waals surface area contributed by atoms with Gasteiger partial charge >= 0.3 is 0 Å². The molecule has 2 rings (SSSR count). The predicted octanol–water partition coefficient (Wildman–Crippen LogP) is 1.93. The molecule has 1 aliphatic rings. The van der Waals surface area contributed by atoms with Crippen molar-refractivity contribution in [3.8, 4) is 5.75 Å². The first-order valence-corrected chi connectivity index (χ1v) is 6.49. The molecule has 0 bridgehead atoms. The lowest BCUT2D eigenvalue weighted by Gasteiger charge is -2.16. The van der Waals surface area contributed by atoms with Gasteiger partial charge in [0, 0.05) is 24.7 Å². The third-order valence-electron chi connectivity index (χ3n) is 3.07. The summed E-state index contributed by atoms with van der Waals surface area (Å²) in [6.07, 6.45) is 2.62. The second kappa shape index (κ2) is 5.87. The van der Waals surface area contributed by atoms with Crippen LogP contribution in [0.4, 0.5) is 5.69 Å². The minimum atomic E-state index is -0.0435. The van der Waals surface area contributed by atoms with Crippen LogP contribution in [0.2, 0.25) is 0 Å². The van der Waals surface area contributed by atoms with Gasteiger partial charge in [0.05, 0.1) is 6.61 Å². The van der Waals surface area contributed by atoms with Gasteiger partial charge in [-0.2, -0.15) is 0 Å². The maximum atomic E-state index is 11.7. The smallest absolute Gasteiger partial charge is 0.228 e. The molecule has 0 saturated carbocycles. The molecule has 0 radical (unpaired) electrons.